The molecule has 0 radical (unpaired) electrons. The number of hydrogen-bond acceptors (Lipinski definition) is 3. The van der Waals surface area contributed by atoms with Crippen LogP contribution in [-0.2, 0) is 6.54 Å². The van der Waals surface area contributed by atoms with Crippen molar-refractivity contribution < 1.29 is 13.6 Å². The van der Waals surface area contributed by atoms with Crippen molar-refractivity contribution in [2.75, 3.05) is 5.32 Å². The van der Waals surface area contributed by atoms with E-state index in [-0.39, 0.29) is 28.9 Å². The molecule has 30 heavy (non-hydrogen) atoms. The molecule has 7 heteroatoms. The average molecular weight is 425 g/mol. The number of rotatable bonds is 4. The highest BCUT2D eigenvalue weighted by Gasteiger charge is 2.22. The van der Waals surface area contributed by atoms with Crippen LogP contribution in [0.1, 0.15) is 27.2 Å². The first-order valence-corrected chi connectivity index (χ1v) is 9.66. The molecule has 2 aromatic carbocycles. The summed E-state index contributed by atoms with van der Waals surface area (Å²) in [4.78, 5) is 26.1. The summed E-state index contributed by atoms with van der Waals surface area (Å²) in [6.07, 6.45) is 1.59. The molecular formula is C23H18ClFN2O3. The predicted octanol–water partition coefficient (Wildman–Crippen LogP) is 5.30. The standard InChI is InChI=1S/C23H18ClFN2O3/c1-13-3-8-17(24)18(11-13)26-22(28)20-14(2)30-19-9-10-27(23(29)21(19)20)12-15-4-6-16(25)7-5-15/h3-11H,12H2,1-2H3,(H,26,28). The van der Waals surface area contributed by atoms with E-state index in [9.17, 15) is 14.0 Å². The van der Waals surface area contributed by atoms with Crippen LogP contribution >= 0.6 is 11.6 Å². The van der Waals surface area contributed by atoms with Crippen LogP contribution in [0.15, 0.2) is 63.9 Å². The summed E-state index contributed by atoms with van der Waals surface area (Å²) < 4.78 is 20.3. The number of anilines is 1. The maximum Gasteiger partial charge on any atom is 0.262 e. The number of aryl methyl sites for hydroxylation is 2. The molecule has 152 valence electrons. The topological polar surface area (TPSA) is 64.2 Å². The van der Waals surface area contributed by atoms with Crippen molar-refractivity contribution in [3.63, 3.8) is 0 Å². The fourth-order valence-electron chi connectivity index (χ4n) is 3.37. The highest BCUT2D eigenvalue weighted by Crippen LogP contribution is 2.27. The Balaban J connectivity index is 1.75. The number of amides is 1. The zero-order chi connectivity index (χ0) is 21.4. The molecular weight excluding hydrogens is 407 g/mol. The lowest BCUT2D eigenvalue weighted by molar-refractivity contribution is 0.102. The maximum atomic E-state index is 13.2. The Morgan fingerprint density at radius 2 is 1.87 bits per heavy atom. The van der Waals surface area contributed by atoms with Crippen molar-refractivity contribution in [1.82, 2.24) is 4.57 Å². The molecule has 4 aromatic rings. The van der Waals surface area contributed by atoms with Crippen molar-refractivity contribution in [2.45, 2.75) is 20.4 Å². The fraction of sp³-hybridized carbons (Fsp3) is 0.130. The van der Waals surface area contributed by atoms with Gasteiger partial charge in [0.15, 0.2) is 0 Å². The number of benzene rings is 2. The van der Waals surface area contributed by atoms with Crippen LogP contribution in [0.25, 0.3) is 11.0 Å². The van der Waals surface area contributed by atoms with E-state index < -0.39 is 5.91 Å². The summed E-state index contributed by atoms with van der Waals surface area (Å²) >= 11 is 6.19. The maximum absolute atomic E-state index is 13.2. The molecule has 0 unspecified atom stereocenters. The molecule has 0 atom stereocenters. The predicted molar refractivity (Wildman–Crippen MR) is 115 cm³/mol. The van der Waals surface area contributed by atoms with E-state index in [2.05, 4.69) is 5.32 Å². The van der Waals surface area contributed by atoms with E-state index in [0.29, 0.717) is 22.1 Å². The van der Waals surface area contributed by atoms with Gasteiger partial charge in [-0.3, -0.25) is 9.59 Å². The van der Waals surface area contributed by atoms with Gasteiger partial charge in [-0.2, -0.15) is 0 Å². The van der Waals surface area contributed by atoms with Gasteiger partial charge in [-0.05, 0) is 55.3 Å². The second-order valence-corrected chi connectivity index (χ2v) is 7.49. The molecule has 0 saturated carbocycles. The van der Waals surface area contributed by atoms with Crippen molar-refractivity contribution in [1.29, 1.82) is 0 Å². The smallest absolute Gasteiger partial charge is 0.262 e. The molecule has 0 aliphatic rings. The van der Waals surface area contributed by atoms with E-state index in [1.165, 1.54) is 16.7 Å². The molecule has 1 N–H and O–H groups in total. The quantitative estimate of drug-likeness (QED) is 0.483. The second-order valence-electron chi connectivity index (χ2n) is 7.09. The van der Waals surface area contributed by atoms with Gasteiger partial charge in [0.1, 0.15) is 17.2 Å². The molecule has 0 fully saturated rings. The van der Waals surface area contributed by atoms with E-state index in [1.54, 1.807) is 43.5 Å². The van der Waals surface area contributed by atoms with Crippen molar-refractivity contribution in [3.8, 4) is 0 Å². The molecule has 4 rings (SSSR count). The SMILES string of the molecule is Cc1ccc(Cl)c(NC(=O)c2c(C)oc3ccn(Cc4ccc(F)cc4)c(=O)c23)c1. The number of halogens is 2. The first kappa shape index (κ1) is 19.9. The Bertz CT molecular complexity index is 1320. The molecule has 0 saturated heterocycles. The molecule has 2 aromatic heterocycles. The van der Waals surface area contributed by atoms with Crippen LogP contribution in [0.2, 0.25) is 5.02 Å². The molecule has 0 spiro atoms. The minimum absolute atomic E-state index is 0.168. The zero-order valence-corrected chi connectivity index (χ0v) is 17.1. The van der Waals surface area contributed by atoms with Crippen molar-refractivity contribution in [2.24, 2.45) is 0 Å². The summed E-state index contributed by atoms with van der Waals surface area (Å²) in [5, 5.41) is 3.36. The molecule has 0 aliphatic heterocycles. The van der Waals surface area contributed by atoms with Crippen LogP contribution in [-0.4, -0.2) is 10.5 Å². The highest BCUT2D eigenvalue weighted by atomic mass is 35.5. The first-order valence-electron chi connectivity index (χ1n) is 9.28. The zero-order valence-electron chi connectivity index (χ0n) is 16.3. The van der Waals surface area contributed by atoms with Gasteiger partial charge in [0.2, 0.25) is 0 Å². The lowest BCUT2D eigenvalue weighted by Gasteiger charge is -2.09. The van der Waals surface area contributed by atoms with Gasteiger partial charge >= 0.3 is 0 Å². The molecule has 0 bridgehead atoms. The van der Waals surface area contributed by atoms with Gasteiger partial charge < -0.3 is 14.3 Å². The Labute approximate surface area is 176 Å². The number of pyridine rings is 1. The first-order chi connectivity index (χ1) is 14.3. The summed E-state index contributed by atoms with van der Waals surface area (Å²) in [6.45, 7) is 3.76. The number of nitrogens with zero attached hydrogens (tertiary/aromatic N) is 1. The molecule has 2 heterocycles. The average Bonchev–Trinajstić information content (AvgIpc) is 3.05. The van der Waals surface area contributed by atoms with Gasteiger partial charge in [0.25, 0.3) is 11.5 Å². The Morgan fingerprint density at radius 3 is 2.60 bits per heavy atom. The van der Waals surface area contributed by atoms with Crippen LogP contribution < -0.4 is 10.9 Å². The molecule has 0 aliphatic carbocycles. The number of furan rings is 1. The number of hydrogen-bond donors (Lipinski definition) is 1. The number of nitrogens with one attached hydrogen (secondary N) is 1. The third kappa shape index (κ3) is 3.74. The summed E-state index contributed by atoms with van der Waals surface area (Å²) in [5.41, 5.74) is 2.28. The number of aromatic nitrogens is 1. The minimum atomic E-state index is -0.476. The molecule has 5 nitrogen and oxygen atoms in total. The van der Waals surface area contributed by atoms with Crippen molar-refractivity contribution >= 4 is 34.2 Å². The van der Waals surface area contributed by atoms with Gasteiger partial charge in [-0.15, -0.1) is 0 Å². The Hall–Kier alpha value is -3.38. The van der Waals surface area contributed by atoms with Crippen LogP contribution in [0.3, 0.4) is 0 Å². The number of fused-ring (bicyclic) bond motifs is 1. The summed E-state index contributed by atoms with van der Waals surface area (Å²) in [7, 11) is 0. The fourth-order valence-corrected chi connectivity index (χ4v) is 3.53. The van der Waals surface area contributed by atoms with E-state index in [0.717, 1.165) is 11.1 Å². The monoisotopic (exact) mass is 424 g/mol. The Morgan fingerprint density at radius 1 is 1.13 bits per heavy atom. The van der Waals surface area contributed by atoms with Crippen LogP contribution in [0.5, 0.6) is 0 Å². The normalized spacial score (nSPS) is 11.1. The number of carbonyl (C=O) groups excluding carboxylic acids is 1. The van der Waals surface area contributed by atoms with E-state index in [1.807, 2.05) is 13.0 Å². The van der Waals surface area contributed by atoms with E-state index in [4.69, 9.17) is 16.0 Å². The minimum Gasteiger partial charge on any atom is -0.460 e. The summed E-state index contributed by atoms with van der Waals surface area (Å²) in [5.74, 6) is -0.487. The third-order valence-corrected chi connectivity index (χ3v) is 5.18. The van der Waals surface area contributed by atoms with Crippen LogP contribution in [0, 0.1) is 19.7 Å². The van der Waals surface area contributed by atoms with Crippen molar-refractivity contribution in [3.05, 3.63) is 98.4 Å². The lowest BCUT2D eigenvalue weighted by atomic mass is 10.1. The van der Waals surface area contributed by atoms with Crippen LogP contribution in [0.4, 0.5) is 10.1 Å². The summed E-state index contributed by atoms with van der Waals surface area (Å²) in [6, 6.07) is 12.8. The molecule has 1 amide bonds. The lowest BCUT2D eigenvalue weighted by Crippen LogP contribution is -2.22. The number of carbonyl (C=O) groups is 1. The van der Waals surface area contributed by atoms with Gasteiger partial charge in [0, 0.05) is 6.20 Å². The highest BCUT2D eigenvalue weighted by molar-refractivity contribution is 6.34. The van der Waals surface area contributed by atoms with Gasteiger partial charge in [0.05, 0.1) is 28.2 Å². The van der Waals surface area contributed by atoms with Gasteiger partial charge in [-0.25, -0.2) is 4.39 Å². The third-order valence-electron chi connectivity index (χ3n) is 4.86. The van der Waals surface area contributed by atoms with Gasteiger partial charge in [-0.1, -0.05) is 29.8 Å². The van der Waals surface area contributed by atoms with E-state index >= 15 is 0 Å². The second kappa shape index (κ2) is 7.80. The Kier molecular flexibility index (Phi) is 5.18. The largest absolute Gasteiger partial charge is 0.460 e.